The second-order valence-corrected chi connectivity index (χ2v) is 5.24. The van der Waals surface area contributed by atoms with E-state index in [4.69, 9.17) is 16.3 Å². The van der Waals surface area contributed by atoms with Crippen molar-refractivity contribution in [2.45, 2.75) is 18.6 Å². The van der Waals surface area contributed by atoms with Crippen molar-refractivity contribution in [2.75, 3.05) is 0 Å². The first-order valence-corrected chi connectivity index (χ1v) is 7.09. The molecular formula is C14H12ClFN2O2S. The first-order chi connectivity index (χ1) is 10.0. The predicted octanol–water partition coefficient (Wildman–Crippen LogP) is 3.55. The van der Waals surface area contributed by atoms with Gasteiger partial charge < -0.3 is 4.74 Å². The second-order valence-electron chi connectivity index (χ2n) is 4.23. The summed E-state index contributed by atoms with van der Waals surface area (Å²) in [6, 6.07) is 6.99. The molecule has 1 unspecified atom stereocenters. The van der Waals surface area contributed by atoms with Crippen molar-refractivity contribution in [3.8, 4) is 17.0 Å². The number of hydrogen-bond donors (Lipinski definition) is 1. The SMILES string of the molecule is CCC(S)C(=O)Oc1cc(Cl)nnc1-c1ccc(F)cc1. The summed E-state index contributed by atoms with van der Waals surface area (Å²) in [4.78, 5) is 11.8. The predicted molar refractivity (Wildman–Crippen MR) is 81.1 cm³/mol. The fourth-order valence-corrected chi connectivity index (χ4v) is 1.77. The molecule has 1 aromatic carbocycles. The average Bonchev–Trinajstić information content (AvgIpc) is 2.47. The zero-order chi connectivity index (χ0) is 15.4. The van der Waals surface area contributed by atoms with Gasteiger partial charge in [0.1, 0.15) is 11.5 Å². The van der Waals surface area contributed by atoms with Crippen LogP contribution in [0.5, 0.6) is 5.75 Å². The minimum Gasteiger partial charge on any atom is -0.423 e. The lowest BCUT2D eigenvalue weighted by Crippen LogP contribution is -2.20. The van der Waals surface area contributed by atoms with Crippen LogP contribution in [-0.2, 0) is 4.79 Å². The highest BCUT2D eigenvalue weighted by atomic mass is 35.5. The van der Waals surface area contributed by atoms with Crippen molar-refractivity contribution >= 4 is 30.2 Å². The van der Waals surface area contributed by atoms with E-state index in [9.17, 15) is 9.18 Å². The zero-order valence-electron chi connectivity index (χ0n) is 11.1. The van der Waals surface area contributed by atoms with E-state index in [1.165, 1.54) is 30.3 Å². The smallest absolute Gasteiger partial charge is 0.324 e. The number of halogens is 2. The number of carbonyl (C=O) groups excluding carboxylic acids is 1. The Morgan fingerprint density at radius 2 is 2.05 bits per heavy atom. The number of benzene rings is 1. The molecule has 0 bridgehead atoms. The van der Waals surface area contributed by atoms with E-state index in [1.54, 1.807) is 0 Å². The topological polar surface area (TPSA) is 52.1 Å². The molecule has 0 amide bonds. The van der Waals surface area contributed by atoms with Gasteiger partial charge in [0.15, 0.2) is 10.9 Å². The summed E-state index contributed by atoms with van der Waals surface area (Å²) in [5.74, 6) is -0.715. The Hall–Kier alpha value is -1.66. The summed E-state index contributed by atoms with van der Waals surface area (Å²) in [7, 11) is 0. The lowest BCUT2D eigenvalue weighted by molar-refractivity contribution is -0.133. The standard InChI is InChI=1S/C14H12ClFN2O2S/c1-2-11(21)14(19)20-10-7-12(15)17-18-13(10)8-3-5-9(16)6-4-8/h3-7,11,21H,2H2,1H3. The summed E-state index contributed by atoms with van der Waals surface area (Å²) >= 11 is 9.91. The van der Waals surface area contributed by atoms with E-state index < -0.39 is 11.2 Å². The molecule has 0 radical (unpaired) electrons. The highest BCUT2D eigenvalue weighted by Crippen LogP contribution is 2.29. The number of rotatable bonds is 4. The van der Waals surface area contributed by atoms with E-state index in [0.717, 1.165) is 0 Å². The van der Waals surface area contributed by atoms with Gasteiger partial charge in [-0.2, -0.15) is 12.6 Å². The molecule has 0 saturated carbocycles. The lowest BCUT2D eigenvalue weighted by Gasteiger charge is -2.11. The average molecular weight is 327 g/mol. The Kier molecular flexibility index (Phi) is 5.14. The number of nitrogens with zero attached hydrogens (tertiary/aromatic N) is 2. The van der Waals surface area contributed by atoms with Gasteiger partial charge in [-0.25, -0.2) is 4.39 Å². The first kappa shape index (κ1) is 15.7. The van der Waals surface area contributed by atoms with Gasteiger partial charge in [0, 0.05) is 11.6 Å². The molecule has 7 heteroatoms. The van der Waals surface area contributed by atoms with Crippen LogP contribution in [0.25, 0.3) is 11.3 Å². The van der Waals surface area contributed by atoms with E-state index in [2.05, 4.69) is 22.8 Å². The second kappa shape index (κ2) is 6.87. The number of thiol groups is 1. The molecule has 1 aromatic heterocycles. The minimum absolute atomic E-state index is 0.0934. The summed E-state index contributed by atoms with van der Waals surface area (Å²) in [5.41, 5.74) is 0.875. The van der Waals surface area contributed by atoms with E-state index >= 15 is 0 Å². The third kappa shape index (κ3) is 3.92. The van der Waals surface area contributed by atoms with Crippen LogP contribution in [0.1, 0.15) is 13.3 Å². The Balaban J connectivity index is 2.38. The van der Waals surface area contributed by atoms with Crippen LogP contribution in [0.4, 0.5) is 4.39 Å². The normalized spacial score (nSPS) is 12.0. The Morgan fingerprint density at radius 3 is 2.67 bits per heavy atom. The van der Waals surface area contributed by atoms with Gasteiger partial charge in [-0.05, 0) is 30.7 Å². The van der Waals surface area contributed by atoms with Crippen LogP contribution < -0.4 is 4.74 Å². The molecule has 0 spiro atoms. The number of carbonyl (C=O) groups is 1. The molecule has 1 atom stereocenters. The summed E-state index contributed by atoms with van der Waals surface area (Å²) < 4.78 is 18.2. The van der Waals surface area contributed by atoms with E-state index in [1.807, 2.05) is 6.92 Å². The number of aromatic nitrogens is 2. The molecule has 1 heterocycles. The third-order valence-corrected chi connectivity index (χ3v) is 3.48. The zero-order valence-corrected chi connectivity index (χ0v) is 12.7. The van der Waals surface area contributed by atoms with Crippen LogP contribution >= 0.6 is 24.2 Å². The van der Waals surface area contributed by atoms with Crippen molar-refractivity contribution < 1.29 is 13.9 Å². The van der Waals surface area contributed by atoms with Crippen molar-refractivity contribution in [3.63, 3.8) is 0 Å². The van der Waals surface area contributed by atoms with Crippen LogP contribution in [0.15, 0.2) is 30.3 Å². The molecule has 4 nitrogen and oxygen atoms in total. The minimum atomic E-state index is -0.544. The highest BCUT2D eigenvalue weighted by Gasteiger charge is 2.18. The number of hydrogen-bond acceptors (Lipinski definition) is 5. The maximum absolute atomic E-state index is 13.0. The Morgan fingerprint density at radius 1 is 1.38 bits per heavy atom. The van der Waals surface area contributed by atoms with Gasteiger partial charge in [0.2, 0.25) is 0 Å². The Bertz CT molecular complexity index is 652. The summed E-state index contributed by atoms with van der Waals surface area (Å²) in [6.07, 6.45) is 0.528. The molecule has 0 aliphatic carbocycles. The van der Waals surface area contributed by atoms with Crippen molar-refractivity contribution in [1.82, 2.24) is 10.2 Å². The van der Waals surface area contributed by atoms with E-state index in [-0.39, 0.29) is 16.7 Å². The van der Waals surface area contributed by atoms with Gasteiger partial charge >= 0.3 is 5.97 Å². The molecule has 0 aliphatic heterocycles. The maximum atomic E-state index is 13.0. The van der Waals surface area contributed by atoms with Crippen LogP contribution in [0, 0.1) is 5.82 Å². The largest absolute Gasteiger partial charge is 0.423 e. The quantitative estimate of drug-likeness (QED) is 0.689. The van der Waals surface area contributed by atoms with Gasteiger partial charge in [-0.1, -0.05) is 18.5 Å². The van der Waals surface area contributed by atoms with Crippen LogP contribution in [-0.4, -0.2) is 21.4 Å². The lowest BCUT2D eigenvalue weighted by atomic mass is 10.1. The van der Waals surface area contributed by atoms with Gasteiger partial charge in [0.25, 0.3) is 0 Å². The number of ether oxygens (including phenoxy) is 1. The molecule has 110 valence electrons. The third-order valence-electron chi connectivity index (χ3n) is 2.72. The molecule has 21 heavy (non-hydrogen) atoms. The fraction of sp³-hybridized carbons (Fsp3) is 0.214. The van der Waals surface area contributed by atoms with Crippen LogP contribution in [0.3, 0.4) is 0 Å². The summed E-state index contributed by atoms with van der Waals surface area (Å²) in [6.45, 7) is 1.82. The first-order valence-electron chi connectivity index (χ1n) is 6.20. The molecule has 2 rings (SSSR count). The van der Waals surface area contributed by atoms with Crippen LogP contribution in [0.2, 0.25) is 5.15 Å². The van der Waals surface area contributed by atoms with Crippen molar-refractivity contribution in [1.29, 1.82) is 0 Å². The molecule has 0 fully saturated rings. The van der Waals surface area contributed by atoms with Crippen molar-refractivity contribution in [3.05, 3.63) is 41.3 Å². The van der Waals surface area contributed by atoms with E-state index in [0.29, 0.717) is 17.7 Å². The maximum Gasteiger partial charge on any atom is 0.324 e. The fourth-order valence-electron chi connectivity index (χ4n) is 1.58. The number of esters is 1. The van der Waals surface area contributed by atoms with Gasteiger partial charge in [0.05, 0.1) is 5.25 Å². The van der Waals surface area contributed by atoms with Gasteiger partial charge in [-0.15, -0.1) is 10.2 Å². The molecule has 0 aliphatic rings. The monoisotopic (exact) mass is 326 g/mol. The molecular weight excluding hydrogens is 315 g/mol. The highest BCUT2D eigenvalue weighted by molar-refractivity contribution is 7.81. The molecule has 0 N–H and O–H groups in total. The molecule has 2 aromatic rings. The molecule has 0 saturated heterocycles. The Labute approximate surface area is 131 Å². The summed E-state index contributed by atoms with van der Waals surface area (Å²) in [5, 5.41) is 7.18. The van der Waals surface area contributed by atoms with Crippen molar-refractivity contribution in [2.24, 2.45) is 0 Å². The van der Waals surface area contributed by atoms with Gasteiger partial charge in [-0.3, -0.25) is 4.79 Å².